The first-order valence-corrected chi connectivity index (χ1v) is 13.3. The van der Waals surface area contributed by atoms with Crippen molar-refractivity contribution in [1.29, 1.82) is 0 Å². The molecule has 0 fully saturated rings. The van der Waals surface area contributed by atoms with E-state index in [1.807, 2.05) is 0 Å². The zero-order valence-electron chi connectivity index (χ0n) is 21.5. The molecule has 0 atom stereocenters. The summed E-state index contributed by atoms with van der Waals surface area (Å²) in [6.45, 7) is -0.676. The third-order valence-corrected chi connectivity index (χ3v) is 6.07. The van der Waals surface area contributed by atoms with Gasteiger partial charge in [0, 0.05) is 6.54 Å². The Morgan fingerprint density at radius 3 is 1.58 bits per heavy atom. The number of benzene rings is 1. The maximum Gasteiger partial charge on any atom is 1.00 e. The van der Waals surface area contributed by atoms with Crippen molar-refractivity contribution in [3.8, 4) is 5.75 Å². The molecule has 1 aromatic carbocycles. The van der Waals surface area contributed by atoms with Gasteiger partial charge in [-0.15, -0.1) is 0 Å². The average Bonchev–Trinajstić information content (AvgIpc) is 2.72. The van der Waals surface area contributed by atoms with E-state index < -0.39 is 52.9 Å². The van der Waals surface area contributed by atoms with Crippen molar-refractivity contribution in [3.05, 3.63) is 29.3 Å². The summed E-state index contributed by atoms with van der Waals surface area (Å²) in [7, 11) is -9.44. The summed E-state index contributed by atoms with van der Waals surface area (Å²) >= 11 is 0. The van der Waals surface area contributed by atoms with E-state index in [1.54, 1.807) is 0 Å². The predicted octanol–water partition coefficient (Wildman–Crippen LogP) is -15.7. The van der Waals surface area contributed by atoms with Gasteiger partial charge in [0.15, 0.2) is 0 Å². The second-order valence-electron chi connectivity index (χ2n) is 7.30. The monoisotopic (exact) mass is 589 g/mol. The van der Waals surface area contributed by atoms with Crippen LogP contribution in [0.5, 0.6) is 5.75 Å². The minimum absolute atomic E-state index is 0. The largest absolute Gasteiger partial charge is 1.00 e. The molecule has 1 rings (SSSR count). The fourth-order valence-corrected chi connectivity index (χ4v) is 3.72. The molecule has 0 amide bonds. The maximum atomic E-state index is 10.9. The quantitative estimate of drug-likeness (QED) is 0.0757. The van der Waals surface area contributed by atoms with Crippen LogP contribution in [0.3, 0.4) is 0 Å². The van der Waals surface area contributed by atoms with Gasteiger partial charge in [-0.25, -0.2) is 0 Å². The number of aliphatic hydroxyl groups excluding tert-OH is 3. The second kappa shape index (κ2) is 23.7. The number of ether oxygens (including phenoxy) is 2. The zero-order chi connectivity index (χ0) is 24.3. The van der Waals surface area contributed by atoms with Crippen LogP contribution in [-0.4, -0.2) is 79.4 Å². The second-order valence-corrected chi connectivity index (χ2v) is 10.6. The molecule has 0 aliphatic carbocycles. The van der Waals surface area contributed by atoms with Gasteiger partial charge in [0.25, 0.3) is 0 Å². The normalized spacial score (nSPS) is 11.4. The van der Waals surface area contributed by atoms with Crippen molar-refractivity contribution < 1.29 is 172 Å². The van der Waals surface area contributed by atoms with E-state index in [0.29, 0.717) is 16.9 Å². The maximum absolute atomic E-state index is 10.9. The van der Waals surface area contributed by atoms with Crippen LogP contribution in [0, 0.1) is 0 Å². The summed E-state index contributed by atoms with van der Waals surface area (Å²) in [6.07, 6.45) is -1.37. The van der Waals surface area contributed by atoms with Gasteiger partial charge in [0.05, 0.1) is 38.6 Å². The Balaban J connectivity index is -0.00000128. The third-order valence-electron chi connectivity index (χ3n) is 4.53. The van der Waals surface area contributed by atoms with Crippen molar-refractivity contribution >= 4 is 15.2 Å². The zero-order valence-corrected chi connectivity index (χ0v) is 31.3. The van der Waals surface area contributed by atoms with Crippen LogP contribution >= 0.6 is 15.2 Å². The first kappa shape index (κ1) is 46.1. The van der Waals surface area contributed by atoms with Gasteiger partial charge >= 0.3 is 118 Å². The van der Waals surface area contributed by atoms with Crippen LogP contribution in [0.2, 0.25) is 0 Å². The number of hydrogen-bond donors (Lipinski definition) is 4. The third kappa shape index (κ3) is 21.8. The van der Waals surface area contributed by atoms with Gasteiger partial charge in [-0.2, -0.15) is 0 Å². The molecule has 0 spiro atoms. The molecule has 0 radical (unpaired) electrons. The Kier molecular flexibility index (Phi) is 30.3. The summed E-state index contributed by atoms with van der Waals surface area (Å²) in [4.78, 5) is 43.6. The van der Waals surface area contributed by atoms with Crippen molar-refractivity contribution in [2.24, 2.45) is 0 Å². The molecule has 0 saturated carbocycles. The molecule has 36 heavy (non-hydrogen) atoms. The van der Waals surface area contributed by atoms with Gasteiger partial charge < -0.3 is 58.8 Å². The molecule has 1 aromatic rings. The van der Waals surface area contributed by atoms with Crippen LogP contribution in [0.1, 0.15) is 11.1 Å². The van der Waals surface area contributed by atoms with Crippen molar-refractivity contribution in [2.45, 2.75) is 18.4 Å². The van der Waals surface area contributed by atoms with Crippen molar-refractivity contribution in [3.63, 3.8) is 0 Å². The fraction of sp³-hybridized carbons (Fsp3) is 0.667. The first-order valence-electron chi connectivity index (χ1n) is 9.85. The van der Waals surface area contributed by atoms with Gasteiger partial charge in [-0.3, -0.25) is 0 Å². The SMILES string of the molecule is O=P([O-])([O-])CCc1cc(CCP(=O)([O-])[O-])cc(OCCOCCNC(CO)(CO)CO)c1.[Na+].[Na+].[Na+].[Na+]. The molecule has 18 heteroatoms. The van der Waals surface area contributed by atoms with Gasteiger partial charge in [-0.1, -0.05) is 21.3 Å². The number of aliphatic hydroxyl groups is 3. The Bertz CT molecular complexity index is 742. The number of rotatable bonds is 17. The summed E-state index contributed by atoms with van der Waals surface area (Å²) in [6, 6.07) is 4.57. The minimum atomic E-state index is -4.72. The molecule has 0 unspecified atom stereocenters. The van der Waals surface area contributed by atoms with Crippen LogP contribution in [0.25, 0.3) is 0 Å². The summed E-state index contributed by atoms with van der Waals surface area (Å²) < 4.78 is 32.7. The molecular formula is C18H29NNa4O11P2. The molecule has 0 heterocycles. The van der Waals surface area contributed by atoms with Crippen molar-refractivity contribution in [2.75, 3.05) is 58.5 Å². The molecule has 12 nitrogen and oxygen atoms in total. The van der Waals surface area contributed by atoms with Crippen molar-refractivity contribution in [1.82, 2.24) is 5.32 Å². The number of aryl methyl sites for hydroxylation is 2. The van der Waals surface area contributed by atoms with E-state index in [4.69, 9.17) is 9.47 Å². The van der Waals surface area contributed by atoms with Crippen LogP contribution < -0.4 is 148 Å². The standard InChI is InChI=1S/C18H33NO11P2.4Na/c20-12-18(13-21,14-22)19-3-4-29-5-6-30-17-10-15(1-7-31(23,24)25)9-16(11-17)2-8-32(26,27)28;;;;/h9-11,19-22H,1-8,12-14H2,(H2,23,24,25)(H2,26,27,28);;;;/q;4*+1/p-4. The summed E-state index contributed by atoms with van der Waals surface area (Å²) in [5, 5.41) is 30.4. The molecule has 4 N–H and O–H groups in total. The molecule has 0 aliphatic rings. The Labute approximate surface area is 300 Å². The molecule has 186 valence electrons. The van der Waals surface area contributed by atoms with Gasteiger partial charge in [0.2, 0.25) is 0 Å². The first-order chi connectivity index (χ1) is 14.9. The molecule has 0 bridgehead atoms. The van der Waals surface area contributed by atoms with E-state index in [2.05, 4.69) is 5.32 Å². The van der Waals surface area contributed by atoms with Crippen LogP contribution in [-0.2, 0) is 26.7 Å². The van der Waals surface area contributed by atoms with E-state index >= 15 is 0 Å². The van der Waals surface area contributed by atoms with E-state index in [0.717, 1.165) is 0 Å². The number of hydrogen-bond acceptors (Lipinski definition) is 12. The summed E-state index contributed by atoms with van der Waals surface area (Å²) in [5.74, 6) is 0.303. The smallest absolute Gasteiger partial charge is 0.811 e. The Hall–Kier alpha value is 3.12. The van der Waals surface area contributed by atoms with Gasteiger partial charge in [-0.05, 0) is 48.4 Å². The average molecular weight is 589 g/mol. The van der Waals surface area contributed by atoms with Gasteiger partial charge in [0.1, 0.15) is 12.4 Å². The minimum Gasteiger partial charge on any atom is -0.811 e. The fourth-order valence-electron chi connectivity index (χ4n) is 2.66. The van der Waals surface area contributed by atoms with E-state index in [9.17, 15) is 44.0 Å². The van der Waals surface area contributed by atoms with E-state index in [1.165, 1.54) is 18.2 Å². The van der Waals surface area contributed by atoms with Crippen LogP contribution in [0.15, 0.2) is 18.2 Å². The molecular weight excluding hydrogens is 560 g/mol. The predicted molar refractivity (Wildman–Crippen MR) is 107 cm³/mol. The van der Waals surface area contributed by atoms with Crippen LogP contribution in [0.4, 0.5) is 0 Å². The topological polar surface area (TPSA) is 218 Å². The molecule has 0 saturated heterocycles. The van der Waals surface area contributed by atoms with E-state index in [-0.39, 0.29) is 157 Å². The number of nitrogens with one attached hydrogen (secondary N) is 1. The summed E-state index contributed by atoms with van der Waals surface area (Å²) in [5.41, 5.74) is -0.295. The molecule has 0 aliphatic heterocycles. The molecule has 0 aromatic heterocycles. The Morgan fingerprint density at radius 1 is 0.750 bits per heavy atom. The Morgan fingerprint density at radius 2 is 1.19 bits per heavy atom.